The molecule has 3 aromatic rings. The summed E-state index contributed by atoms with van der Waals surface area (Å²) in [7, 11) is 0. The van der Waals surface area contributed by atoms with Crippen LogP contribution >= 0.6 is 0 Å². The topological polar surface area (TPSA) is 64.1 Å². The van der Waals surface area contributed by atoms with E-state index < -0.39 is 0 Å². The Morgan fingerprint density at radius 2 is 1.84 bits per heavy atom. The van der Waals surface area contributed by atoms with E-state index in [0.29, 0.717) is 17.9 Å². The van der Waals surface area contributed by atoms with Gasteiger partial charge in [-0.05, 0) is 61.4 Å². The lowest BCUT2D eigenvalue weighted by Crippen LogP contribution is -2.13. The maximum Gasteiger partial charge on any atom is 0.255 e. The van der Waals surface area contributed by atoms with Gasteiger partial charge in [0.15, 0.2) is 0 Å². The summed E-state index contributed by atoms with van der Waals surface area (Å²) in [6, 6.07) is 14.8. The molecule has 0 bridgehead atoms. The van der Waals surface area contributed by atoms with Crippen molar-refractivity contribution >= 4 is 11.6 Å². The molecule has 1 amide bonds. The number of aromatic nitrogens is 2. The smallest absolute Gasteiger partial charge is 0.255 e. The van der Waals surface area contributed by atoms with Crippen molar-refractivity contribution in [2.45, 2.75) is 20.5 Å². The predicted octanol–water partition coefficient (Wildman–Crippen LogP) is 3.92. The fraction of sp³-hybridized carbons (Fsp3) is 0.150. The number of carbonyl (C=O) groups is 1. The van der Waals surface area contributed by atoms with Crippen molar-refractivity contribution in [3.63, 3.8) is 0 Å². The number of carbonyl (C=O) groups excluding carboxylic acids is 1. The molecule has 0 fully saturated rings. The van der Waals surface area contributed by atoms with Crippen LogP contribution in [0, 0.1) is 13.8 Å². The normalized spacial score (nSPS) is 10.3. The molecule has 1 N–H and O–H groups in total. The summed E-state index contributed by atoms with van der Waals surface area (Å²) >= 11 is 0. The van der Waals surface area contributed by atoms with Gasteiger partial charge in [-0.2, -0.15) is 10.2 Å². The second-order valence-electron chi connectivity index (χ2n) is 5.77. The zero-order valence-corrected chi connectivity index (χ0v) is 14.2. The van der Waals surface area contributed by atoms with Crippen LogP contribution in [0.25, 0.3) is 0 Å². The van der Waals surface area contributed by atoms with Gasteiger partial charge in [-0.15, -0.1) is 0 Å². The number of anilines is 1. The molecule has 0 unspecified atom stereocenters. The summed E-state index contributed by atoms with van der Waals surface area (Å²) in [4.78, 5) is 12.4. The van der Waals surface area contributed by atoms with Gasteiger partial charge in [-0.25, -0.2) is 0 Å². The molecule has 0 aliphatic heterocycles. The predicted molar refractivity (Wildman–Crippen MR) is 96.7 cm³/mol. The molecule has 25 heavy (non-hydrogen) atoms. The number of amides is 1. The Morgan fingerprint density at radius 1 is 1.04 bits per heavy atom. The van der Waals surface area contributed by atoms with Gasteiger partial charge < -0.3 is 10.1 Å². The lowest BCUT2D eigenvalue weighted by atomic mass is 10.1. The standard InChI is InChI=1S/C20H19N3O2/c1-14-4-3-5-19(15(14)2)23-20(24)17-6-8-18(9-7-17)25-13-16-10-11-21-22-12-16/h3-12H,13H2,1-2H3,(H,23,24). The molecule has 5 nitrogen and oxygen atoms in total. The summed E-state index contributed by atoms with van der Waals surface area (Å²) < 4.78 is 5.68. The second kappa shape index (κ2) is 7.57. The summed E-state index contributed by atoms with van der Waals surface area (Å²) in [5.41, 5.74) is 4.56. The van der Waals surface area contributed by atoms with Crippen LogP contribution in [-0.2, 0) is 6.61 Å². The molecule has 2 aromatic carbocycles. The van der Waals surface area contributed by atoms with E-state index in [1.54, 1.807) is 36.7 Å². The third-order valence-electron chi connectivity index (χ3n) is 4.02. The van der Waals surface area contributed by atoms with Crippen LogP contribution in [0.4, 0.5) is 5.69 Å². The monoisotopic (exact) mass is 333 g/mol. The molecule has 0 atom stereocenters. The van der Waals surface area contributed by atoms with Crippen LogP contribution in [0.5, 0.6) is 5.75 Å². The molecule has 0 spiro atoms. The largest absolute Gasteiger partial charge is 0.489 e. The van der Waals surface area contributed by atoms with Gasteiger partial charge in [0, 0.05) is 23.0 Å². The van der Waals surface area contributed by atoms with Crippen LogP contribution in [-0.4, -0.2) is 16.1 Å². The molecular formula is C20H19N3O2. The number of nitrogens with zero attached hydrogens (tertiary/aromatic N) is 2. The summed E-state index contributed by atoms with van der Waals surface area (Å²) in [6.45, 7) is 4.43. The highest BCUT2D eigenvalue weighted by molar-refractivity contribution is 6.04. The Balaban J connectivity index is 1.63. The number of hydrogen-bond acceptors (Lipinski definition) is 4. The van der Waals surface area contributed by atoms with Crippen LogP contribution < -0.4 is 10.1 Å². The van der Waals surface area contributed by atoms with Crippen LogP contribution in [0.3, 0.4) is 0 Å². The van der Waals surface area contributed by atoms with E-state index in [9.17, 15) is 4.79 Å². The Morgan fingerprint density at radius 3 is 2.56 bits per heavy atom. The average Bonchev–Trinajstić information content (AvgIpc) is 2.65. The van der Waals surface area contributed by atoms with E-state index in [1.807, 2.05) is 38.1 Å². The van der Waals surface area contributed by atoms with E-state index in [0.717, 1.165) is 22.4 Å². The highest BCUT2D eigenvalue weighted by Gasteiger charge is 2.09. The Labute approximate surface area is 146 Å². The maximum atomic E-state index is 12.4. The number of benzene rings is 2. The lowest BCUT2D eigenvalue weighted by Gasteiger charge is -2.11. The minimum absolute atomic E-state index is 0.140. The first-order valence-electron chi connectivity index (χ1n) is 7.99. The molecule has 0 saturated carbocycles. The fourth-order valence-corrected chi connectivity index (χ4v) is 2.35. The van der Waals surface area contributed by atoms with Gasteiger partial charge in [0.1, 0.15) is 12.4 Å². The van der Waals surface area contributed by atoms with Crippen molar-refractivity contribution in [1.29, 1.82) is 0 Å². The highest BCUT2D eigenvalue weighted by atomic mass is 16.5. The second-order valence-corrected chi connectivity index (χ2v) is 5.77. The SMILES string of the molecule is Cc1cccc(NC(=O)c2ccc(OCc3ccnnc3)cc2)c1C. The third kappa shape index (κ3) is 4.20. The first kappa shape index (κ1) is 16.6. The molecule has 0 aliphatic rings. The molecule has 3 rings (SSSR count). The molecule has 5 heteroatoms. The molecule has 1 aromatic heterocycles. The average molecular weight is 333 g/mol. The first-order chi connectivity index (χ1) is 12.1. The van der Waals surface area contributed by atoms with Crippen LogP contribution in [0.1, 0.15) is 27.0 Å². The minimum atomic E-state index is -0.140. The van der Waals surface area contributed by atoms with Crippen molar-refractivity contribution in [3.05, 3.63) is 83.2 Å². The molecule has 1 heterocycles. The molecule has 0 saturated heterocycles. The maximum absolute atomic E-state index is 12.4. The molecule has 0 aliphatic carbocycles. The number of nitrogens with one attached hydrogen (secondary N) is 1. The third-order valence-corrected chi connectivity index (χ3v) is 4.02. The highest BCUT2D eigenvalue weighted by Crippen LogP contribution is 2.20. The minimum Gasteiger partial charge on any atom is -0.489 e. The van der Waals surface area contributed by atoms with Gasteiger partial charge in [-0.3, -0.25) is 4.79 Å². The molecular weight excluding hydrogens is 314 g/mol. The Hall–Kier alpha value is -3.21. The van der Waals surface area contributed by atoms with Crippen molar-refractivity contribution in [2.75, 3.05) is 5.32 Å². The van der Waals surface area contributed by atoms with Crippen molar-refractivity contribution in [2.24, 2.45) is 0 Å². The van der Waals surface area contributed by atoms with Gasteiger partial charge in [0.25, 0.3) is 5.91 Å². The number of ether oxygens (including phenoxy) is 1. The van der Waals surface area contributed by atoms with Crippen LogP contribution in [0.2, 0.25) is 0 Å². The van der Waals surface area contributed by atoms with Gasteiger partial charge >= 0.3 is 0 Å². The zero-order valence-electron chi connectivity index (χ0n) is 14.2. The van der Waals surface area contributed by atoms with E-state index in [-0.39, 0.29) is 5.91 Å². The van der Waals surface area contributed by atoms with E-state index in [4.69, 9.17) is 4.74 Å². The van der Waals surface area contributed by atoms with Gasteiger partial charge in [-0.1, -0.05) is 12.1 Å². The number of hydrogen-bond donors (Lipinski definition) is 1. The zero-order chi connectivity index (χ0) is 17.6. The molecule has 126 valence electrons. The summed E-state index contributed by atoms with van der Waals surface area (Å²) in [5, 5.41) is 10.5. The quantitative estimate of drug-likeness (QED) is 0.768. The van der Waals surface area contributed by atoms with E-state index in [2.05, 4.69) is 15.5 Å². The van der Waals surface area contributed by atoms with Gasteiger partial charge in [0.2, 0.25) is 0 Å². The van der Waals surface area contributed by atoms with Crippen LogP contribution in [0.15, 0.2) is 60.9 Å². The Bertz CT molecular complexity index is 862. The summed E-state index contributed by atoms with van der Waals surface area (Å²) in [5.74, 6) is 0.554. The number of rotatable bonds is 5. The van der Waals surface area contributed by atoms with Crippen molar-refractivity contribution in [1.82, 2.24) is 10.2 Å². The fourth-order valence-electron chi connectivity index (χ4n) is 2.35. The van der Waals surface area contributed by atoms with E-state index >= 15 is 0 Å². The summed E-state index contributed by atoms with van der Waals surface area (Å²) in [6.07, 6.45) is 3.28. The van der Waals surface area contributed by atoms with E-state index in [1.165, 1.54) is 0 Å². The lowest BCUT2D eigenvalue weighted by molar-refractivity contribution is 0.102. The first-order valence-corrected chi connectivity index (χ1v) is 7.99. The number of aryl methyl sites for hydroxylation is 1. The van der Waals surface area contributed by atoms with Crippen molar-refractivity contribution in [3.8, 4) is 5.75 Å². The molecule has 0 radical (unpaired) electrons. The van der Waals surface area contributed by atoms with Crippen molar-refractivity contribution < 1.29 is 9.53 Å². The van der Waals surface area contributed by atoms with Gasteiger partial charge in [0.05, 0.1) is 6.20 Å². The Kier molecular flexibility index (Phi) is 5.04.